The lowest BCUT2D eigenvalue weighted by atomic mass is 10.1. The van der Waals surface area contributed by atoms with E-state index in [0.29, 0.717) is 0 Å². The summed E-state index contributed by atoms with van der Waals surface area (Å²) in [5.74, 6) is 5.55. The van der Waals surface area contributed by atoms with Crippen LogP contribution in [0.25, 0.3) is 0 Å². The molecular formula is C6H11N3. The summed E-state index contributed by atoms with van der Waals surface area (Å²) in [5.41, 5.74) is -0.0816. The third-order valence-electron chi connectivity index (χ3n) is 1.43. The molecule has 0 atom stereocenters. The van der Waals surface area contributed by atoms with Crippen LogP contribution in [0.3, 0.4) is 0 Å². The molecule has 0 aromatic rings. The number of rotatable bonds is 0. The minimum atomic E-state index is -0.0816. The Morgan fingerprint density at radius 3 is 2.56 bits per heavy atom. The molecule has 0 radical (unpaired) electrons. The number of nitrogens with zero attached hydrogens (tertiary/aromatic N) is 2. The van der Waals surface area contributed by atoms with Crippen LogP contribution in [-0.4, -0.2) is 16.9 Å². The molecular weight excluding hydrogens is 114 g/mol. The van der Waals surface area contributed by atoms with Crippen LogP contribution in [0.5, 0.6) is 0 Å². The van der Waals surface area contributed by atoms with Gasteiger partial charge in [0.2, 0.25) is 0 Å². The molecule has 0 saturated heterocycles. The standard InChI is InChI=1S/C6H11N3/c1-6(2)3-4-8-5-9(6)7/h3-5H,7H2,1-2H3. The lowest BCUT2D eigenvalue weighted by Crippen LogP contribution is -2.47. The van der Waals surface area contributed by atoms with E-state index in [1.165, 1.54) is 0 Å². The Morgan fingerprint density at radius 2 is 2.22 bits per heavy atom. The predicted molar refractivity (Wildman–Crippen MR) is 37.7 cm³/mol. The van der Waals surface area contributed by atoms with Crippen LogP contribution in [0.2, 0.25) is 0 Å². The van der Waals surface area contributed by atoms with Crippen molar-refractivity contribution in [1.82, 2.24) is 5.01 Å². The first-order valence-corrected chi connectivity index (χ1v) is 2.88. The van der Waals surface area contributed by atoms with Gasteiger partial charge >= 0.3 is 0 Å². The van der Waals surface area contributed by atoms with Crippen molar-refractivity contribution >= 4 is 6.34 Å². The molecule has 0 aromatic heterocycles. The summed E-state index contributed by atoms with van der Waals surface area (Å²) >= 11 is 0. The Hall–Kier alpha value is -0.830. The summed E-state index contributed by atoms with van der Waals surface area (Å²) in [6, 6.07) is 0. The van der Waals surface area contributed by atoms with Crippen molar-refractivity contribution in [2.24, 2.45) is 10.8 Å². The molecule has 1 rings (SSSR count). The zero-order valence-corrected chi connectivity index (χ0v) is 5.70. The summed E-state index contributed by atoms with van der Waals surface area (Å²) < 4.78 is 0. The first kappa shape index (κ1) is 6.29. The minimum Gasteiger partial charge on any atom is -0.291 e. The molecule has 3 nitrogen and oxygen atoms in total. The van der Waals surface area contributed by atoms with Gasteiger partial charge in [-0.3, -0.25) is 5.01 Å². The summed E-state index contributed by atoms with van der Waals surface area (Å²) in [4.78, 5) is 3.85. The molecule has 0 spiro atoms. The van der Waals surface area contributed by atoms with Gasteiger partial charge in [-0.15, -0.1) is 0 Å². The van der Waals surface area contributed by atoms with E-state index in [4.69, 9.17) is 5.84 Å². The first-order chi connectivity index (χ1) is 4.13. The highest BCUT2D eigenvalue weighted by atomic mass is 15.4. The average Bonchev–Trinajstić information content (AvgIpc) is 1.77. The van der Waals surface area contributed by atoms with Crippen LogP contribution in [-0.2, 0) is 0 Å². The summed E-state index contributed by atoms with van der Waals surface area (Å²) in [5, 5.41) is 1.58. The molecule has 0 amide bonds. The lowest BCUT2D eigenvalue weighted by Gasteiger charge is -2.31. The van der Waals surface area contributed by atoms with Gasteiger partial charge in [0, 0.05) is 6.20 Å². The average molecular weight is 125 g/mol. The molecule has 0 fully saturated rings. The Labute approximate surface area is 54.8 Å². The van der Waals surface area contributed by atoms with Crippen molar-refractivity contribution in [3.05, 3.63) is 12.3 Å². The van der Waals surface area contributed by atoms with E-state index in [2.05, 4.69) is 4.99 Å². The molecule has 1 heterocycles. The molecule has 3 heteroatoms. The van der Waals surface area contributed by atoms with Crippen LogP contribution in [0.15, 0.2) is 17.3 Å². The van der Waals surface area contributed by atoms with Gasteiger partial charge < -0.3 is 0 Å². The van der Waals surface area contributed by atoms with E-state index < -0.39 is 0 Å². The second kappa shape index (κ2) is 1.84. The monoisotopic (exact) mass is 125 g/mol. The molecule has 0 saturated carbocycles. The van der Waals surface area contributed by atoms with Gasteiger partial charge in [-0.25, -0.2) is 10.8 Å². The summed E-state index contributed by atoms with van der Waals surface area (Å²) in [6.07, 6.45) is 5.32. The summed E-state index contributed by atoms with van der Waals surface area (Å²) in [7, 11) is 0. The molecule has 1 aliphatic rings. The fraction of sp³-hybridized carbons (Fsp3) is 0.500. The molecule has 50 valence electrons. The number of aliphatic imine (C=N–C) groups is 1. The van der Waals surface area contributed by atoms with Crippen molar-refractivity contribution < 1.29 is 0 Å². The molecule has 2 N–H and O–H groups in total. The highest BCUT2D eigenvalue weighted by Crippen LogP contribution is 2.12. The number of hydrogen-bond acceptors (Lipinski definition) is 3. The van der Waals surface area contributed by atoms with Crippen molar-refractivity contribution in [3.8, 4) is 0 Å². The third-order valence-corrected chi connectivity index (χ3v) is 1.43. The van der Waals surface area contributed by atoms with Gasteiger partial charge in [0.1, 0.15) is 6.34 Å². The zero-order chi connectivity index (χ0) is 6.91. The topological polar surface area (TPSA) is 41.6 Å². The van der Waals surface area contributed by atoms with Crippen LogP contribution in [0, 0.1) is 0 Å². The van der Waals surface area contributed by atoms with Crippen molar-refractivity contribution in [2.75, 3.05) is 0 Å². The fourth-order valence-electron chi connectivity index (χ4n) is 0.571. The number of hydrazine groups is 1. The van der Waals surface area contributed by atoms with Gasteiger partial charge in [0.15, 0.2) is 0 Å². The van der Waals surface area contributed by atoms with Gasteiger partial charge in [-0.1, -0.05) is 0 Å². The second-order valence-electron chi connectivity index (χ2n) is 2.64. The van der Waals surface area contributed by atoms with Crippen molar-refractivity contribution in [3.63, 3.8) is 0 Å². The highest BCUT2D eigenvalue weighted by molar-refractivity contribution is 5.58. The molecule has 0 unspecified atom stereocenters. The van der Waals surface area contributed by atoms with Crippen LogP contribution in [0.4, 0.5) is 0 Å². The van der Waals surface area contributed by atoms with E-state index in [-0.39, 0.29) is 5.54 Å². The molecule has 0 aromatic carbocycles. The molecule has 1 aliphatic heterocycles. The Kier molecular flexibility index (Phi) is 1.29. The maximum absolute atomic E-state index is 5.55. The minimum absolute atomic E-state index is 0.0816. The van der Waals surface area contributed by atoms with Crippen molar-refractivity contribution in [2.45, 2.75) is 19.4 Å². The molecule has 0 aliphatic carbocycles. The SMILES string of the molecule is CC1(C)C=CN=CN1N. The van der Waals surface area contributed by atoms with Gasteiger partial charge in [-0.2, -0.15) is 0 Å². The Balaban J connectivity index is 2.78. The maximum Gasteiger partial charge on any atom is 0.105 e. The maximum atomic E-state index is 5.55. The Morgan fingerprint density at radius 1 is 1.56 bits per heavy atom. The van der Waals surface area contributed by atoms with Crippen LogP contribution < -0.4 is 5.84 Å². The first-order valence-electron chi connectivity index (χ1n) is 2.88. The van der Waals surface area contributed by atoms with Gasteiger partial charge in [0.05, 0.1) is 5.54 Å². The van der Waals surface area contributed by atoms with Gasteiger partial charge in [0.25, 0.3) is 0 Å². The molecule has 9 heavy (non-hydrogen) atoms. The highest BCUT2D eigenvalue weighted by Gasteiger charge is 2.19. The fourth-order valence-corrected chi connectivity index (χ4v) is 0.571. The molecule has 0 bridgehead atoms. The second-order valence-corrected chi connectivity index (χ2v) is 2.64. The van der Waals surface area contributed by atoms with Crippen molar-refractivity contribution in [1.29, 1.82) is 0 Å². The quantitative estimate of drug-likeness (QED) is 0.479. The normalized spacial score (nSPS) is 22.8. The third kappa shape index (κ3) is 1.10. The smallest absolute Gasteiger partial charge is 0.105 e. The van der Waals surface area contributed by atoms with Crippen LogP contribution in [0.1, 0.15) is 13.8 Å². The zero-order valence-electron chi connectivity index (χ0n) is 5.70. The van der Waals surface area contributed by atoms with E-state index in [1.54, 1.807) is 17.5 Å². The summed E-state index contributed by atoms with van der Waals surface area (Å²) in [6.45, 7) is 4.04. The van der Waals surface area contributed by atoms with E-state index >= 15 is 0 Å². The number of nitrogens with two attached hydrogens (primary N) is 1. The van der Waals surface area contributed by atoms with E-state index in [1.807, 2.05) is 19.9 Å². The largest absolute Gasteiger partial charge is 0.291 e. The Bertz CT molecular complexity index is 158. The lowest BCUT2D eigenvalue weighted by molar-refractivity contribution is 0.282. The van der Waals surface area contributed by atoms with Crippen LogP contribution >= 0.6 is 0 Å². The predicted octanol–water partition coefficient (Wildman–Crippen LogP) is 0.496. The van der Waals surface area contributed by atoms with E-state index in [9.17, 15) is 0 Å². The van der Waals surface area contributed by atoms with E-state index in [0.717, 1.165) is 0 Å². The van der Waals surface area contributed by atoms with Gasteiger partial charge in [-0.05, 0) is 19.9 Å². The number of hydrogen-bond donors (Lipinski definition) is 1.